The predicted molar refractivity (Wildman–Crippen MR) is 50.9 cm³/mol. The van der Waals surface area contributed by atoms with E-state index in [1.165, 1.54) is 0 Å². The lowest BCUT2D eigenvalue weighted by Crippen LogP contribution is -2.22. The fourth-order valence-corrected chi connectivity index (χ4v) is 1.54. The topological polar surface area (TPSA) is 58.2 Å². The first-order valence-corrected chi connectivity index (χ1v) is 4.41. The summed E-state index contributed by atoms with van der Waals surface area (Å²) in [6, 6.07) is 5.73. The average molecular weight is 211 g/mol. The second-order valence-electron chi connectivity index (χ2n) is 2.95. The van der Waals surface area contributed by atoms with Gasteiger partial charge in [-0.15, -0.1) is 0 Å². The molecule has 4 nitrogen and oxygen atoms in total. The van der Waals surface area contributed by atoms with Crippen LogP contribution >= 0.6 is 11.6 Å². The maximum atomic E-state index is 11.3. The van der Waals surface area contributed by atoms with Crippen molar-refractivity contribution in [1.82, 2.24) is 10.6 Å². The summed E-state index contributed by atoms with van der Waals surface area (Å²) in [6.07, 6.45) is 0. The number of carbonyl (C=O) groups is 2. The molecule has 1 heterocycles. The second kappa shape index (κ2) is 3.31. The van der Waals surface area contributed by atoms with Gasteiger partial charge in [0.05, 0.1) is 0 Å². The van der Waals surface area contributed by atoms with Gasteiger partial charge in [0.2, 0.25) is 0 Å². The van der Waals surface area contributed by atoms with E-state index in [4.69, 9.17) is 11.6 Å². The molecule has 1 aromatic rings. The number of rotatable bonds is 1. The van der Waals surface area contributed by atoms with Crippen molar-refractivity contribution in [3.05, 3.63) is 34.9 Å². The molecule has 3 amide bonds. The lowest BCUT2D eigenvalue weighted by Gasteiger charge is -2.06. The normalized spacial score (nSPS) is 20.5. The van der Waals surface area contributed by atoms with E-state index in [0.717, 1.165) is 0 Å². The van der Waals surface area contributed by atoms with Crippen LogP contribution in [-0.2, 0) is 4.79 Å². The molecule has 1 aromatic carbocycles. The summed E-state index contributed by atoms with van der Waals surface area (Å²) in [5.74, 6) is -0.350. The Bertz CT molecular complexity index is 406. The fourth-order valence-electron chi connectivity index (χ4n) is 1.34. The van der Waals surface area contributed by atoms with Gasteiger partial charge in [-0.3, -0.25) is 10.1 Å². The fraction of sp³-hybridized carbons (Fsp3) is 0.111. The van der Waals surface area contributed by atoms with Crippen molar-refractivity contribution in [2.75, 3.05) is 0 Å². The standard InChI is InChI=1S/C9H7ClN2O2/c10-6-3-1-2-5(4-6)7-8(13)12-9(14)11-7/h1-4,7H,(H2,11,12,13,14). The number of urea groups is 1. The average Bonchev–Trinajstić information content (AvgIpc) is 2.45. The Labute approximate surface area is 85.2 Å². The van der Waals surface area contributed by atoms with Crippen LogP contribution in [0.2, 0.25) is 5.02 Å². The van der Waals surface area contributed by atoms with Gasteiger partial charge >= 0.3 is 6.03 Å². The van der Waals surface area contributed by atoms with Gasteiger partial charge in [-0.25, -0.2) is 4.79 Å². The molecule has 5 heteroatoms. The largest absolute Gasteiger partial charge is 0.322 e. The zero-order chi connectivity index (χ0) is 10.1. The van der Waals surface area contributed by atoms with E-state index < -0.39 is 12.1 Å². The number of benzene rings is 1. The van der Waals surface area contributed by atoms with E-state index in [0.29, 0.717) is 10.6 Å². The van der Waals surface area contributed by atoms with Crippen LogP contribution in [0.4, 0.5) is 4.79 Å². The number of carbonyl (C=O) groups excluding carboxylic acids is 2. The first-order chi connectivity index (χ1) is 6.66. The van der Waals surface area contributed by atoms with Gasteiger partial charge < -0.3 is 5.32 Å². The van der Waals surface area contributed by atoms with Gasteiger partial charge in [-0.1, -0.05) is 23.7 Å². The summed E-state index contributed by atoms with van der Waals surface area (Å²) < 4.78 is 0. The Morgan fingerprint density at radius 3 is 2.64 bits per heavy atom. The molecule has 0 aliphatic carbocycles. The van der Waals surface area contributed by atoms with Crippen molar-refractivity contribution < 1.29 is 9.59 Å². The molecule has 1 saturated heterocycles. The summed E-state index contributed by atoms with van der Waals surface area (Å²) >= 11 is 5.76. The maximum Gasteiger partial charge on any atom is 0.322 e. The van der Waals surface area contributed by atoms with E-state index in [-0.39, 0.29) is 5.91 Å². The van der Waals surface area contributed by atoms with Gasteiger partial charge in [0, 0.05) is 5.02 Å². The van der Waals surface area contributed by atoms with Crippen LogP contribution < -0.4 is 10.6 Å². The highest BCUT2D eigenvalue weighted by atomic mass is 35.5. The van der Waals surface area contributed by atoms with E-state index in [1.54, 1.807) is 24.3 Å². The number of nitrogens with one attached hydrogen (secondary N) is 2. The number of hydrogen-bond donors (Lipinski definition) is 2. The minimum Gasteiger partial charge on any atom is -0.322 e. The molecule has 1 aliphatic heterocycles. The second-order valence-corrected chi connectivity index (χ2v) is 3.39. The van der Waals surface area contributed by atoms with Crippen LogP contribution in [0.5, 0.6) is 0 Å². The first-order valence-electron chi connectivity index (χ1n) is 4.03. The Morgan fingerprint density at radius 1 is 1.29 bits per heavy atom. The smallest absolute Gasteiger partial charge is 0.322 e. The van der Waals surface area contributed by atoms with E-state index in [2.05, 4.69) is 10.6 Å². The van der Waals surface area contributed by atoms with Crippen molar-refractivity contribution >= 4 is 23.5 Å². The van der Waals surface area contributed by atoms with Crippen molar-refractivity contribution in [2.24, 2.45) is 0 Å². The summed E-state index contributed by atoms with van der Waals surface area (Å²) in [4.78, 5) is 22.1. The monoisotopic (exact) mass is 210 g/mol. The molecule has 1 unspecified atom stereocenters. The summed E-state index contributed by atoms with van der Waals surface area (Å²) in [7, 11) is 0. The minimum atomic E-state index is -0.624. The van der Waals surface area contributed by atoms with Gasteiger partial charge in [-0.05, 0) is 17.7 Å². The van der Waals surface area contributed by atoms with Crippen LogP contribution in [-0.4, -0.2) is 11.9 Å². The predicted octanol–water partition coefficient (Wildman–Crippen LogP) is 1.22. The zero-order valence-corrected chi connectivity index (χ0v) is 7.84. The van der Waals surface area contributed by atoms with Crippen molar-refractivity contribution in [3.8, 4) is 0 Å². The molecular weight excluding hydrogens is 204 g/mol. The number of halogens is 1. The van der Waals surface area contributed by atoms with E-state index >= 15 is 0 Å². The van der Waals surface area contributed by atoms with Crippen LogP contribution in [0.25, 0.3) is 0 Å². The zero-order valence-electron chi connectivity index (χ0n) is 7.08. The molecule has 1 atom stereocenters. The quantitative estimate of drug-likeness (QED) is 0.685. The third-order valence-corrected chi connectivity index (χ3v) is 2.19. The molecule has 0 aromatic heterocycles. The lowest BCUT2D eigenvalue weighted by molar-refractivity contribution is -0.120. The Morgan fingerprint density at radius 2 is 2.07 bits per heavy atom. The molecule has 2 N–H and O–H groups in total. The highest BCUT2D eigenvalue weighted by Crippen LogP contribution is 2.19. The molecule has 14 heavy (non-hydrogen) atoms. The molecule has 1 aliphatic rings. The molecule has 0 saturated carbocycles. The first kappa shape index (κ1) is 9.02. The van der Waals surface area contributed by atoms with Gasteiger partial charge in [0.25, 0.3) is 5.91 Å². The third-order valence-electron chi connectivity index (χ3n) is 1.96. The molecule has 1 fully saturated rings. The van der Waals surface area contributed by atoms with Gasteiger partial charge in [0.15, 0.2) is 0 Å². The number of amides is 3. The van der Waals surface area contributed by atoms with Crippen molar-refractivity contribution in [3.63, 3.8) is 0 Å². The van der Waals surface area contributed by atoms with Gasteiger partial charge in [0.1, 0.15) is 6.04 Å². The molecule has 0 bridgehead atoms. The van der Waals surface area contributed by atoms with E-state index in [9.17, 15) is 9.59 Å². The van der Waals surface area contributed by atoms with Gasteiger partial charge in [-0.2, -0.15) is 0 Å². The van der Waals surface area contributed by atoms with Crippen molar-refractivity contribution in [1.29, 1.82) is 0 Å². The Hall–Kier alpha value is -1.55. The SMILES string of the molecule is O=C1NC(=O)C(c2cccc(Cl)c2)N1. The highest BCUT2D eigenvalue weighted by molar-refractivity contribution is 6.30. The highest BCUT2D eigenvalue weighted by Gasteiger charge is 2.30. The maximum absolute atomic E-state index is 11.3. The van der Waals surface area contributed by atoms with Crippen LogP contribution in [0.15, 0.2) is 24.3 Å². The minimum absolute atomic E-state index is 0.350. The van der Waals surface area contributed by atoms with Crippen LogP contribution in [0, 0.1) is 0 Å². The summed E-state index contributed by atoms with van der Waals surface area (Å²) in [5.41, 5.74) is 0.681. The molecule has 2 rings (SSSR count). The summed E-state index contributed by atoms with van der Waals surface area (Å²) in [6.45, 7) is 0. The Balaban J connectivity index is 2.31. The van der Waals surface area contributed by atoms with Crippen LogP contribution in [0.1, 0.15) is 11.6 Å². The number of hydrogen-bond acceptors (Lipinski definition) is 2. The number of imide groups is 1. The third kappa shape index (κ3) is 1.56. The molecule has 0 radical (unpaired) electrons. The molecule has 72 valence electrons. The summed E-state index contributed by atoms with van der Waals surface area (Å²) in [5, 5.41) is 5.18. The molecule has 0 spiro atoms. The molecular formula is C9H7ClN2O2. The lowest BCUT2D eigenvalue weighted by atomic mass is 10.1. The van der Waals surface area contributed by atoms with E-state index in [1.807, 2.05) is 0 Å². The van der Waals surface area contributed by atoms with Crippen LogP contribution in [0.3, 0.4) is 0 Å². The van der Waals surface area contributed by atoms with Crippen molar-refractivity contribution in [2.45, 2.75) is 6.04 Å². The Kier molecular flexibility index (Phi) is 2.13.